The number of carbonyl (C=O) groups excluding carboxylic acids is 2. The minimum Gasteiger partial charge on any atom is -0.465 e. The Labute approximate surface area is 212 Å². The Bertz CT molecular complexity index is 1230. The molecule has 3 aromatic rings. The average molecular weight is 491 g/mol. The number of nitrogens with one attached hydrogen (secondary N) is 1. The molecule has 7 nitrogen and oxygen atoms in total. The van der Waals surface area contributed by atoms with Crippen LogP contribution in [0.25, 0.3) is 22.5 Å². The largest absolute Gasteiger partial charge is 0.465 e. The summed E-state index contributed by atoms with van der Waals surface area (Å²) < 4.78 is 16.3. The molecule has 1 saturated carbocycles. The van der Waals surface area contributed by atoms with Crippen LogP contribution >= 0.6 is 0 Å². The predicted octanol–water partition coefficient (Wildman–Crippen LogP) is 6.89. The highest BCUT2D eigenvalue weighted by atomic mass is 16.6. The highest BCUT2D eigenvalue weighted by molar-refractivity contribution is 5.91. The molecule has 36 heavy (non-hydrogen) atoms. The summed E-state index contributed by atoms with van der Waals surface area (Å²) in [6.07, 6.45) is 0.849. The third-order valence-electron chi connectivity index (χ3n) is 6.93. The van der Waals surface area contributed by atoms with Crippen LogP contribution in [0.4, 0.5) is 10.5 Å². The Morgan fingerprint density at radius 3 is 2.11 bits per heavy atom. The molecule has 0 radical (unpaired) electrons. The van der Waals surface area contributed by atoms with E-state index >= 15 is 0 Å². The maximum atomic E-state index is 12.5. The number of carbonyl (C=O) groups is 2. The molecule has 7 heteroatoms. The lowest BCUT2D eigenvalue weighted by molar-refractivity contribution is -0.146. The number of hydrogen-bond donors (Lipinski definition) is 1. The summed E-state index contributed by atoms with van der Waals surface area (Å²) in [5.41, 5.74) is 4.27. The molecule has 0 spiro atoms. The van der Waals surface area contributed by atoms with Crippen LogP contribution in [-0.2, 0) is 19.7 Å². The van der Waals surface area contributed by atoms with Gasteiger partial charge in [-0.25, -0.2) is 4.79 Å². The molecule has 1 fully saturated rings. The zero-order valence-corrected chi connectivity index (χ0v) is 21.8. The molecular formula is C29H34N2O5. The Balaban J connectivity index is 1.49. The molecule has 1 aliphatic rings. The standard InChI is InChI=1S/C29H34N2O5/c1-7-34-26(32)29(16-17-29)23-14-12-21(13-15-23)20-8-10-22(11-9-20)25-24(18(2)31-36-25)30-27(33)35-19(3)28(4,5)6/h8-15,19H,7,16-17H2,1-6H3,(H,30,33). The van der Waals surface area contributed by atoms with Crippen LogP contribution < -0.4 is 5.32 Å². The SMILES string of the molecule is CCOC(=O)C1(c2ccc(-c3ccc(-c4onc(C)c4NC(=O)OC(C)C(C)(C)C)cc3)cc2)CC1. The zero-order valence-electron chi connectivity index (χ0n) is 21.8. The number of aryl methyl sites for hydroxylation is 1. The molecule has 1 atom stereocenters. The first-order valence-electron chi connectivity index (χ1n) is 12.4. The minimum absolute atomic E-state index is 0.134. The van der Waals surface area contributed by atoms with Gasteiger partial charge in [0.25, 0.3) is 0 Å². The smallest absolute Gasteiger partial charge is 0.412 e. The molecule has 0 aliphatic heterocycles. The van der Waals surface area contributed by atoms with E-state index in [4.69, 9.17) is 14.0 Å². The molecule has 1 aliphatic carbocycles. The van der Waals surface area contributed by atoms with Crippen molar-refractivity contribution in [1.82, 2.24) is 5.16 Å². The lowest BCUT2D eigenvalue weighted by Crippen LogP contribution is -2.30. The van der Waals surface area contributed by atoms with Crippen LogP contribution in [0, 0.1) is 12.3 Å². The van der Waals surface area contributed by atoms with E-state index in [1.807, 2.05) is 83.1 Å². The molecule has 1 N–H and O–H groups in total. The number of esters is 1. The van der Waals surface area contributed by atoms with E-state index in [2.05, 4.69) is 10.5 Å². The average Bonchev–Trinajstić information content (AvgIpc) is 3.58. The first-order chi connectivity index (χ1) is 17.0. The molecule has 4 rings (SSSR count). The molecule has 190 valence electrons. The zero-order chi connectivity index (χ0) is 26.1. The van der Waals surface area contributed by atoms with E-state index in [0.717, 1.165) is 35.1 Å². The van der Waals surface area contributed by atoms with Crippen molar-refractivity contribution in [2.24, 2.45) is 5.41 Å². The van der Waals surface area contributed by atoms with E-state index in [-0.39, 0.29) is 17.5 Å². The lowest BCUT2D eigenvalue weighted by atomic mass is 9.90. The molecule has 0 bridgehead atoms. The van der Waals surface area contributed by atoms with Gasteiger partial charge in [-0.2, -0.15) is 0 Å². The molecule has 2 aromatic carbocycles. The van der Waals surface area contributed by atoms with Crippen molar-refractivity contribution in [2.75, 3.05) is 11.9 Å². The molecule has 1 aromatic heterocycles. The summed E-state index contributed by atoms with van der Waals surface area (Å²) in [5.74, 6) is 0.338. The fraction of sp³-hybridized carbons (Fsp3) is 0.414. The molecule has 0 saturated heterocycles. The third-order valence-corrected chi connectivity index (χ3v) is 6.93. The van der Waals surface area contributed by atoms with Crippen molar-refractivity contribution in [2.45, 2.75) is 65.9 Å². The van der Waals surface area contributed by atoms with Crippen LogP contribution in [0.1, 0.15) is 58.7 Å². The van der Waals surface area contributed by atoms with Crippen molar-refractivity contribution in [1.29, 1.82) is 0 Å². The van der Waals surface area contributed by atoms with Gasteiger partial charge in [0.05, 0.1) is 12.0 Å². The number of nitrogens with zero attached hydrogens (tertiary/aromatic N) is 1. The Kier molecular flexibility index (Phi) is 6.94. The highest BCUT2D eigenvalue weighted by Gasteiger charge is 2.52. The number of benzene rings is 2. The fourth-order valence-electron chi connectivity index (χ4n) is 3.98. The quantitative estimate of drug-likeness (QED) is 0.363. The number of amides is 1. The first-order valence-corrected chi connectivity index (χ1v) is 12.4. The number of hydrogen-bond acceptors (Lipinski definition) is 6. The number of anilines is 1. The summed E-state index contributed by atoms with van der Waals surface area (Å²) in [6, 6.07) is 15.9. The summed E-state index contributed by atoms with van der Waals surface area (Å²) in [6.45, 7) is 11.9. The van der Waals surface area contributed by atoms with Crippen LogP contribution in [0.15, 0.2) is 53.1 Å². The van der Waals surface area contributed by atoms with E-state index in [1.165, 1.54) is 0 Å². The molecule has 1 heterocycles. The maximum Gasteiger partial charge on any atom is 0.412 e. The Hall–Kier alpha value is -3.61. The number of rotatable bonds is 7. The normalized spacial score (nSPS) is 15.2. The van der Waals surface area contributed by atoms with Gasteiger partial charge in [0.15, 0.2) is 5.76 Å². The first kappa shape index (κ1) is 25.5. The highest BCUT2D eigenvalue weighted by Crippen LogP contribution is 2.49. The summed E-state index contributed by atoms with van der Waals surface area (Å²) >= 11 is 0. The van der Waals surface area contributed by atoms with Gasteiger partial charge in [-0.15, -0.1) is 0 Å². The second kappa shape index (κ2) is 9.80. The predicted molar refractivity (Wildman–Crippen MR) is 139 cm³/mol. The second-order valence-electron chi connectivity index (χ2n) is 10.5. The number of ether oxygens (including phenoxy) is 2. The van der Waals surface area contributed by atoms with Crippen molar-refractivity contribution >= 4 is 17.7 Å². The van der Waals surface area contributed by atoms with Crippen molar-refractivity contribution in [3.8, 4) is 22.5 Å². The van der Waals surface area contributed by atoms with Gasteiger partial charge in [-0.3, -0.25) is 10.1 Å². The van der Waals surface area contributed by atoms with Gasteiger partial charge in [0.1, 0.15) is 17.5 Å². The maximum absolute atomic E-state index is 12.5. The Morgan fingerprint density at radius 1 is 1.03 bits per heavy atom. The van der Waals surface area contributed by atoms with Crippen LogP contribution in [0.5, 0.6) is 0 Å². The van der Waals surface area contributed by atoms with Gasteiger partial charge in [-0.05, 0) is 55.7 Å². The summed E-state index contributed by atoms with van der Waals surface area (Å²) in [5, 5.41) is 6.83. The minimum atomic E-state index is -0.544. The number of aromatic nitrogens is 1. The second-order valence-corrected chi connectivity index (χ2v) is 10.5. The molecule has 1 unspecified atom stereocenters. The summed E-state index contributed by atoms with van der Waals surface area (Å²) in [4.78, 5) is 24.9. The van der Waals surface area contributed by atoms with Crippen molar-refractivity contribution < 1.29 is 23.6 Å². The van der Waals surface area contributed by atoms with E-state index in [0.29, 0.717) is 23.7 Å². The fourth-order valence-corrected chi connectivity index (χ4v) is 3.98. The van der Waals surface area contributed by atoms with Crippen molar-refractivity contribution in [3.05, 3.63) is 59.8 Å². The van der Waals surface area contributed by atoms with E-state index in [1.54, 1.807) is 6.92 Å². The lowest BCUT2D eigenvalue weighted by Gasteiger charge is -2.26. The van der Waals surface area contributed by atoms with Gasteiger partial charge in [0.2, 0.25) is 0 Å². The van der Waals surface area contributed by atoms with Gasteiger partial charge < -0.3 is 14.0 Å². The molecule has 1 amide bonds. The topological polar surface area (TPSA) is 90.7 Å². The Morgan fingerprint density at radius 2 is 1.58 bits per heavy atom. The van der Waals surface area contributed by atoms with Crippen LogP contribution in [0.3, 0.4) is 0 Å². The van der Waals surface area contributed by atoms with Crippen LogP contribution in [0.2, 0.25) is 0 Å². The van der Waals surface area contributed by atoms with Crippen LogP contribution in [-0.4, -0.2) is 29.9 Å². The molecular weight excluding hydrogens is 456 g/mol. The van der Waals surface area contributed by atoms with E-state index < -0.39 is 11.5 Å². The van der Waals surface area contributed by atoms with Gasteiger partial charge in [0, 0.05) is 5.56 Å². The monoisotopic (exact) mass is 490 g/mol. The van der Waals surface area contributed by atoms with Gasteiger partial charge in [-0.1, -0.05) is 74.5 Å². The summed E-state index contributed by atoms with van der Waals surface area (Å²) in [7, 11) is 0. The van der Waals surface area contributed by atoms with Crippen molar-refractivity contribution in [3.63, 3.8) is 0 Å². The van der Waals surface area contributed by atoms with Gasteiger partial charge >= 0.3 is 12.1 Å². The van der Waals surface area contributed by atoms with E-state index in [9.17, 15) is 9.59 Å². The third kappa shape index (κ3) is 5.15.